The molecule has 0 bridgehead atoms. The Kier molecular flexibility index (Phi) is 3.88. The van der Waals surface area contributed by atoms with E-state index in [1.807, 2.05) is 44.2 Å². The minimum atomic E-state index is -0.567. The number of halogens is 1. The van der Waals surface area contributed by atoms with Crippen LogP contribution in [0.5, 0.6) is 0 Å². The summed E-state index contributed by atoms with van der Waals surface area (Å²) in [7, 11) is 0. The highest BCUT2D eigenvalue weighted by Crippen LogP contribution is 2.28. The molecule has 0 fully saturated rings. The molecule has 1 atom stereocenters. The molecule has 94 valence electrons. The van der Waals surface area contributed by atoms with Gasteiger partial charge in [0.15, 0.2) is 0 Å². The number of hydrogen-bond donors (Lipinski definition) is 1. The maximum absolute atomic E-state index is 10.5. The number of aryl methyl sites for hydroxylation is 3. The van der Waals surface area contributed by atoms with Crippen LogP contribution >= 0.6 is 15.9 Å². The fraction of sp³-hybridized carbons (Fsp3) is 0.250. The van der Waals surface area contributed by atoms with E-state index in [1.54, 1.807) is 0 Å². The Morgan fingerprint density at radius 2 is 1.67 bits per heavy atom. The molecule has 0 aromatic heterocycles. The van der Waals surface area contributed by atoms with Crippen LogP contribution in [0.2, 0.25) is 0 Å². The zero-order chi connectivity index (χ0) is 13.3. The molecule has 0 aliphatic carbocycles. The smallest absolute Gasteiger partial charge is 0.104 e. The van der Waals surface area contributed by atoms with Crippen molar-refractivity contribution < 1.29 is 5.11 Å². The lowest BCUT2D eigenvalue weighted by atomic mass is 9.96. The molecule has 1 unspecified atom stereocenters. The van der Waals surface area contributed by atoms with Crippen molar-refractivity contribution in [2.24, 2.45) is 0 Å². The van der Waals surface area contributed by atoms with Gasteiger partial charge in [0.05, 0.1) is 0 Å². The molecule has 0 spiro atoms. The van der Waals surface area contributed by atoms with E-state index >= 15 is 0 Å². The van der Waals surface area contributed by atoms with Crippen molar-refractivity contribution in [1.82, 2.24) is 0 Å². The first kappa shape index (κ1) is 13.3. The summed E-state index contributed by atoms with van der Waals surface area (Å²) < 4.78 is 1.03. The average Bonchev–Trinajstić information content (AvgIpc) is 2.32. The predicted octanol–water partition coefficient (Wildman–Crippen LogP) is 4.46. The van der Waals surface area contributed by atoms with Gasteiger partial charge < -0.3 is 5.11 Å². The first-order chi connectivity index (χ1) is 8.49. The second kappa shape index (κ2) is 5.25. The Balaban J connectivity index is 2.41. The van der Waals surface area contributed by atoms with E-state index in [4.69, 9.17) is 0 Å². The summed E-state index contributed by atoms with van der Waals surface area (Å²) >= 11 is 3.51. The molecule has 0 saturated carbocycles. The second-order valence-electron chi connectivity index (χ2n) is 4.77. The monoisotopic (exact) mass is 304 g/mol. The van der Waals surface area contributed by atoms with Crippen molar-refractivity contribution in [1.29, 1.82) is 0 Å². The maximum atomic E-state index is 10.5. The second-order valence-corrected chi connectivity index (χ2v) is 5.63. The summed E-state index contributed by atoms with van der Waals surface area (Å²) in [5, 5.41) is 10.5. The van der Waals surface area contributed by atoms with Gasteiger partial charge in [0.25, 0.3) is 0 Å². The first-order valence-electron chi connectivity index (χ1n) is 6.00. The summed E-state index contributed by atoms with van der Waals surface area (Å²) in [5.41, 5.74) is 5.40. The van der Waals surface area contributed by atoms with Crippen molar-refractivity contribution in [3.05, 3.63) is 68.7 Å². The molecular formula is C16H17BrO. The standard InChI is InChI=1S/C16H17BrO/c1-10-4-7-14(12(3)8-10)16(18)13-6-5-11(2)15(17)9-13/h4-9,16,18H,1-3H3. The highest BCUT2D eigenvalue weighted by atomic mass is 79.9. The van der Waals surface area contributed by atoms with Crippen LogP contribution in [0.25, 0.3) is 0 Å². The van der Waals surface area contributed by atoms with E-state index in [9.17, 15) is 5.11 Å². The van der Waals surface area contributed by atoms with Gasteiger partial charge in [-0.2, -0.15) is 0 Å². The lowest BCUT2D eigenvalue weighted by Crippen LogP contribution is -2.02. The van der Waals surface area contributed by atoms with E-state index in [1.165, 1.54) is 11.1 Å². The molecule has 2 rings (SSSR count). The van der Waals surface area contributed by atoms with Crippen LogP contribution in [0, 0.1) is 20.8 Å². The topological polar surface area (TPSA) is 20.2 Å². The van der Waals surface area contributed by atoms with Gasteiger partial charge in [0.2, 0.25) is 0 Å². The number of rotatable bonds is 2. The molecule has 2 heteroatoms. The quantitative estimate of drug-likeness (QED) is 0.868. The summed E-state index contributed by atoms with van der Waals surface area (Å²) in [5.74, 6) is 0. The van der Waals surface area contributed by atoms with Gasteiger partial charge in [0.1, 0.15) is 6.10 Å². The van der Waals surface area contributed by atoms with Crippen molar-refractivity contribution in [3.63, 3.8) is 0 Å². The lowest BCUT2D eigenvalue weighted by Gasteiger charge is -2.15. The van der Waals surface area contributed by atoms with Crippen molar-refractivity contribution in [2.45, 2.75) is 26.9 Å². The zero-order valence-corrected chi connectivity index (χ0v) is 12.5. The normalized spacial score (nSPS) is 12.5. The molecule has 0 saturated heterocycles. The number of benzene rings is 2. The summed E-state index contributed by atoms with van der Waals surface area (Å²) in [6.45, 7) is 6.14. The molecule has 1 N–H and O–H groups in total. The van der Waals surface area contributed by atoms with Gasteiger partial charge in [-0.15, -0.1) is 0 Å². The largest absolute Gasteiger partial charge is 0.384 e. The number of aliphatic hydroxyl groups excluding tert-OH is 1. The highest BCUT2D eigenvalue weighted by molar-refractivity contribution is 9.10. The molecule has 0 heterocycles. The summed E-state index contributed by atoms with van der Waals surface area (Å²) in [4.78, 5) is 0. The van der Waals surface area contributed by atoms with Gasteiger partial charge in [-0.25, -0.2) is 0 Å². The van der Waals surface area contributed by atoms with Crippen molar-refractivity contribution in [3.8, 4) is 0 Å². The van der Waals surface area contributed by atoms with Crippen LogP contribution in [-0.4, -0.2) is 5.11 Å². The summed E-state index contributed by atoms with van der Waals surface area (Å²) in [6.07, 6.45) is -0.567. The van der Waals surface area contributed by atoms with E-state index in [2.05, 4.69) is 28.9 Å². The Hall–Kier alpha value is -1.12. The molecule has 18 heavy (non-hydrogen) atoms. The Morgan fingerprint density at radius 1 is 0.944 bits per heavy atom. The summed E-state index contributed by atoms with van der Waals surface area (Å²) in [6, 6.07) is 12.1. The third-order valence-electron chi connectivity index (χ3n) is 3.23. The molecule has 1 nitrogen and oxygen atoms in total. The Bertz CT molecular complexity index is 575. The minimum absolute atomic E-state index is 0.567. The SMILES string of the molecule is Cc1ccc(C(O)c2ccc(C)c(Br)c2)c(C)c1. The van der Waals surface area contributed by atoms with Crippen LogP contribution in [0.1, 0.15) is 33.9 Å². The van der Waals surface area contributed by atoms with E-state index in [0.717, 1.165) is 21.2 Å². The Labute approximate surface area is 117 Å². The predicted molar refractivity (Wildman–Crippen MR) is 78.9 cm³/mol. The first-order valence-corrected chi connectivity index (χ1v) is 6.79. The van der Waals surface area contributed by atoms with E-state index < -0.39 is 6.10 Å². The van der Waals surface area contributed by atoms with Gasteiger partial charge in [-0.05, 0) is 49.1 Å². The molecular weight excluding hydrogens is 288 g/mol. The molecule has 2 aromatic carbocycles. The lowest BCUT2D eigenvalue weighted by molar-refractivity contribution is 0.219. The molecule has 0 aliphatic rings. The molecule has 0 amide bonds. The maximum Gasteiger partial charge on any atom is 0.104 e. The van der Waals surface area contributed by atoms with Crippen LogP contribution in [-0.2, 0) is 0 Å². The number of aliphatic hydroxyl groups is 1. The van der Waals surface area contributed by atoms with Crippen molar-refractivity contribution in [2.75, 3.05) is 0 Å². The van der Waals surface area contributed by atoms with Gasteiger partial charge in [0, 0.05) is 4.47 Å². The highest BCUT2D eigenvalue weighted by Gasteiger charge is 2.13. The third-order valence-corrected chi connectivity index (χ3v) is 4.09. The van der Waals surface area contributed by atoms with E-state index in [0.29, 0.717) is 0 Å². The zero-order valence-electron chi connectivity index (χ0n) is 10.9. The fourth-order valence-electron chi connectivity index (χ4n) is 2.09. The van der Waals surface area contributed by atoms with E-state index in [-0.39, 0.29) is 0 Å². The Morgan fingerprint density at radius 3 is 2.28 bits per heavy atom. The van der Waals surface area contributed by atoms with Crippen LogP contribution in [0.3, 0.4) is 0 Å². The molecule has 2 aromatic rings. The fourth-order valence-corrected chi connectivity index (χ4v) is 2.49. The number of hydrogen-bond acceptors (Lipinski definition) is 1. The van der Waals surface area contributed by atoms with Gasteiger partial charge >= 0.3 is 0 Å². The van der Waals surface area contributed by atoms with Crippen molar-refractivity contribution >= 4 is 15.9 Å². The minimum Gasteiger partial charge on any atom is -0.384 e. The average molecular weight is 305 g/mol. The van der Waals surface area contributed by atoms with Crippen LogP contribution in [0.15, 0.2) is 40.9 Å². The molecule has 0 radical (unpaired) electrons. The van der Waals surface area contributed by atoms with Gasteiger partial charge in [-0.3, -0.25) is 0 Å². The van der Waals surface area contributed by atoms with Crippen LogP contribution in [0.4, 0.5) is 0 Å². The van der Waals surface area contributed by atoms with Crippen LogP contribution < -0.4 is 0 Å². The van der Waals surface area contributed by atoms with Gasteiger partial charge in [-0.1, -0.05) is 51.8 Å². The third kappa shape index (κ3) is 2.65. The molecule has 0 aliphatic heterocycles.